The van der Waals surface area contributed by atoms with E-state index in [2.05, 4.69) is 10.2 Å². The van der Waals surface area contributed by atoms with Gasteiger partial charge in [-0.1, -0.05) is 26.0 Å². The van der Waals surface area contributed by atoms with Gasteiger partial charge in [0.05, 0.1) is 24.0 Å². The van der Waals surface area contributed by atoms with Gasteiger partial charge >= 0.3 is 0 Å². The minimum Gasteiger partial charge on any atom is -0.368 e. The van der Waals surface area contributed by atoms with Crippen LogP contribution < -0.4 is 15.1 Å². The summed E-state index contributed by atoms with van der Waals surface area (Å²) in [6.07, 6.45) is 0.856. The third-order valence-corrected chi connectivity index (χ3v) is 8.33. The fourth-order valence-electron chi connectivity index (χ4n) is 6.42. The van der Waals surface area contributed by atoms with E-state index in [0.717, 1.165) is 17.4 Å². The zero-order chi connectivity index (χ0) is 29.6. The van der Waals surface area contributed by atoms with Crippen molar-refractivity contribution in [2.24, 2.45) is 5.41 Å². The van der Waals surface area contributed by atoms with Gasteiger partial charge in [-0.15, -0.1) is 0 Å². The first-order valence-corrected chi connectivity index (χ1v) is 14.2. The fourth-order valence-corrected chi connectivity index (χ4v) is 6.42. The van der Waals surface area contributed by atoms with Crippen LogP contribution in [0.15, 0.2) is 78.0 Å². The molecule has 0 saturated carbocycles. The topological polar surface area (TPSA) is 55.9 Å². The summed E-state index contributed by atoms with van der Waals surface area (Å²) in [5.74, 6) is -2.06. The molecule has 0 radical (unpaired) electrons. The van der Waals surface area contributed by atoms with E-state index in [1.165, 1.54) is 24.3 Å². The minimum atomic E-state index is -0.866. The molecule has 0 aromatic heterocycles. The molecule has 1 fully saturated rings. The van der Waals surface area contributed by atoms with Crippen LogP contribution in [0.25, 0.3) is 0 Å². The molecular weight excluding hydrogens is 541 g/mol. The van der Waals surface area contributed by atoms with E-state index >= 15 is 0 Å². The Morgan fingerprint density at radius 1 is 0.881 bits per heavy atom. The second kappa shape index (κ2) is 10.9. The summed E-state index contributed by atoms with van der Waals surface area (Å²) in [4.78, 5) is 33.4. The molecule has 1 saturated heterocycles. The standard InChI is InChI=1S/C33H33F3N4O2/c1-33(2)18-27-31(29(41)19-33)32(21-15-23(35)17-24(36)16-21)40(28-6-4-3-5-26(28)37-27)20-30(42)39-13-11-38(12-14-39)25-9-7-22(34)8-10-25/h3-10,15-17,32,37H,11-14,18-20H2,1-2H3. The Hall–Kier alpha value is -4.27. The molecule has 2 aliphatic heterocycles. The summed E-state index contributed by atoms with van der Waals surface area (Å²) in [6, 6.07) is 16.2. The number of hydrogen-bond donors (Lipinski definition) is 1. The van der Waals surface area contributed by atoms with Crippen LogP contribution in [0.2, 0.25) is 0 Å². The Bertz CT molecular complexity index is 1540. The molecule has 0 bridgehead atoms. The normalized spacial score (nSPS) is 20.1. The van der Waals surface area contributed by atoms with E-state index in [4.69, 9.17) is 0 Å². The number of carbonyl (C=O) groups is 2. The van der Waals surface area contributed by atoms with E-state index < -0.39 is 17.7 Å². The molecule has 0 spiro atoms. The summed E-state index contributed by atoms with van der Waals surface area (Å²) in [5, 5.41) is 3.46. The first-order valence-electron chi connectivity index (χ1n) is 14.2. The highest BCUT2D eigenvalue weighted by atomic mass is 19.1. The smallest absolute Gasteiger partial charge is 0.242 e. The number of para-hydroxylation sites is 2. The van der Waals surface area contributed by atoms with Gasteiger partial charge < -0.3 is 20.0 Å². The summed E-state index contributed by atoms with van der Waals surface area (Å²) < 4.78 is 42.7. The molecule has 1 N–H and O–H groups in total. The van der Waals surface area contributed by atoms with Gasteiger partial charge in [-0.3, -0.25) is 9.59 Å². The highest BCUT2D eigenvalue weighted by molar-refractivity contribution is 6.02. The average molecular weight is 575 g/mol. The predicted octanol–water partition coefficient (Wildman–Crippen LogP) is 6.07. The number of anilines is 3. The number of rotatable bonds is 4. The maximum absolute atomic E-state index is 14.6. The van der Waals surface area contributed by atoms with Crippen molar-refractivity contribution in [1.29, 1.82) is 0 Å². The monoisotopic (exact) mass is 574 g/mol. The van der Waals surface area contributed by atoms with Gasteiger partial charge in [-0.25, -0.2) is 13.2 Å². The Morgan fingerprint density at radius 2 is 1.55 bits per heavy atom. The zero-order valence-electron chi connectivity index (χ0n) is 23.7. The van der Waals surface area contributed by atoms with Crippen molar-refractivity contribution in [2.45, 2.75) is 32.7 Å². The summed E-state index contributed by atoms with van der Waals surface area (Å²) in [6.45, 7) is 6.04. The maximum Gasteiger partial charge on any atom is 0.242 e. The number of nitrogens with zero attached hydrogens (tertiary/aromatic N) is 3. The lowest BCUT2D eigenvalue weighted by molar-refractivity contribution is -0.130. The number of benzene rings is 3. The number of ketones is 1. The van der Waals surface area contributed by atoms with E-state index in [1.54, 1.807) is 17.0 Å². The maximum atomic E-state index is 14.6. The first-order chi connectivity index (χ1) is 20.1. The van der Waals surface area contributed by atoms with E-state index in [1.807, 2.05) is 43.0 Å². The lowest BCUT2D eigenvalue weighted by Gasteiger charge is -2.40. The number of Topliss-reactive ketones (excluding diaryl/α,β-unsaturated/α-hetero) is 1. The highest BCUT2D eigenvalue weighted by Crippen LogP contribution is 2.48. The molecule has 42 heavy (non-hydrogen) atoms. The van der Waals surface area contributed by atoms with E-state index in [0.29, 0.717) is 49.6 Å². The van der Waals surface area contributed by atoms with Crippen LogP contribution in [0, 0.1) is 22.9 Å². The lowest BCUT2D eigenvalue weighted by Crippen LogP contribution is -2.52. The molecule has 1 aliphatic carbocycles. The minimum absolute atomic E-state index is 0.0918. The number of halogens is 3. The van der Waals surface area contributed by atoms with Crippen LogP contribution in [0.1, 0.15) is 38.3 Å². The largest absolute Gasteiger partial charge is 0.368 e. The molecule has 9 heteroatoms. The van der Waals surface area contributed by atoms with Gasteiger partial charge in [0.2, 0.25) is 5.91 Å². The van der Waals surface area contributed by atoms with Crippen molar-refractivity contribution in [1.82, 2.24) is 4.90 Å². The van der Waals surface area contributed by atoms with Gasteiger partial charge in [0.25, 0.3) is 0 Å². The third kappa shape index (κ3) is 5.47. The number of carbonyl (C=O) groups excluding carboxylic acids is 2. The quantitative estimate of drug-likeness (QED) is 0.410. The van der Waals surface area contributed by atoms with Crippen LogP contribution in [-0.4, -0.2) is 49.3 Å². The van der Waals surface area contributed by atoms with Gasteiger partial charge in [0, 0.05) is 55.6 Å². The second-order valence-corrected chi connectivity index (χ2v) is 12.1. The Morgan fingerprint density at radius 3 is 2.24 bits per heavy atom. The predicted molar refractivity (Wildman–Crippen MR) is 157 cm³/mol. The number of amides is 1. The molecule has 1 unspecified atom stereocenters. The number of piperazine rings is 1. The fraction of sp³-hybridized carbons (Fsp3) is 0.333. The third-order valence-electron chi connectivity index (χ3n) is 8.33. The summed E-state index contributed by atoms with van der Waals surface area (Å²) >= 11 is 0. The molecule has 6 nitrogen and oxygen atoms in total. The first kappa shape index (κ1) is 27.9. The Kier molecular flexibility index (Phi) is 7.20. The van der Waals surface area contributed by atoms with Gasteiger partial charge in [-0.05, 0) is 65.9 Å². The number of allylic oxidation sites excluding steroid dienone is 1. The number of fused-ring (bicyclic) bond motifs is 1. The van der Waals surface area contributed by atoms with Crippen LogP contribution in [0.3, 0.4) is 0 Å². The van der Waals surface area contributed by atoms with Crippen molar-refractivity contribution in [3.8, 4) is 0 Å². The molecule has 1 atom stereocenters. The molecule has 6 rings (SSSR count). The van der Waals surface area contributed by atoms with E-state index in [9.17, 15) is 22.8 Å². The van der Waals surface area contributed by atoms with Gasteiger partial charge in [0.15, 0.2) is 5.78 Å². The highest BCUT2D eigenvalue weighted by Gasteiger charge is 2.42. The van der Waals surface area contributed by atoms with Crippen molar-refractivity contribution < 1.29 is 22.8 Å². The van der Waals surface area contributed by atoms with Crippen LogP contribution in [-0.2, 0) is 9.59 Å². The van der Waals surface area contributed by atoms with Crippen LogP contribution in [0.5, 0.6) is 0 Å². The molecule has 3 aromatic carbocycles. The second-order valence-electron chi connectivity index (χ2n) is 12.1. The van der Waals surface area contributed by atoms with E-state index in [-0.39, 0.29) is 41.5 Å². The molecule has 1 amide bonds. The van der Waals surface area contributed by atoms with Crippen molar-refractivity contribution in [3.63, 3.8) is 0 Å². The summed E-state index contributed by atoms with van der Waals surface area (Å²) in [7, 11) is 0. The van der Waals surface area contributed by atoms with Crippen LogP contribution >= 0.6 is 0 Å². The molecule has 3 aliphatic rings. The molecule has 3 aromatic rings. The Labute approximate surface area is 243 Å². The average Bonchev–Trinajstić information content (AvgIpc) is 3.07. The van der Waals surface area contributed by atoms with Gasteiger partial charge in [-0.2, -0.15) is 0 Å². The molecular formula is C33H33F3N4O2. The zero-order valence-corrected chi connectivity index (χ0v) is 23.7. The van der Waals surface area contributed by atoms with Crippen LogP contribution in [0.4, 0.5) is 30.2 Å². The summed E-state index contributed by atoms with van der Waals surface area (Å²) in [5.41, 5.74) is 3.41. The van der Waals surface area contributed by atoms with Crippen molar-refractivity contribution in [3.05, 3.63) is 101 Å². The molecule has 218 valence electrons. The number of nitrogens with one attached hydrogen (secondary N) is 1. The lowest BCUT2D eigenvalue weighted by atomic mass is 9.73. The number of hydrogen-bond acceptors (Lipinski definition) is 5. The van der Waals surface area contributed by atoms with Crippen molar-refractivity contribution in [2.75, 3.05) is 47.8 Å². The SMILES string of the molecule is CC1(C)CC(=O)C2=C(C1)Nc1ccccc1N(CC(=O)N1CCN(c3ccc(F)cc3)CC1)C2c1cc(F)cc(F)c1. The molecule has 2 heterocycles. The Balaban J connectivity index is 1.36. The van der Waals surface area contributed by atoms with Crippen molar-refractivity contribution >= 4 is 28.8 Å². The van der Waals surface area contributed by atoms with Gasteiger partial charge in [0.1, 0.15) is 17.5 Å².